The van der Waals surface area contributed by atoms with Gasteiger partial charge in [-0.2, -0.15) is 0 Å². The van der Waals surface area contributed by atoms with Gasteiger partial charge in [0.25, 0.3) is 0 Å². The molecule has 6 nitrogen and oxygen atoms in total. The van der Waals surface area contributed by atoms with Gasteiger partial charge in [0.2, 0.25) is 0 Å². The molecule has 1 N–H and O–H groups in total. The number of ether oxygens (including phenoxy) is 1. The SMILES string of the molecule is CCNC(=NCc1ccc(CN2CCCCC2)cc1)N(C)Cc1csc(C(C)OC)n1. The summed E-state index contributed by atoms with van der Waals surface area (Å²) in [6.07, 6.45) is 4.08. The van der Waals surface area contributed by atoms with Crippen molar-refractivity contribution in [3.8, 4) is 0 Å². The van der Waals surface area contributed by atoms with Crippen molar-refractivity contribution in [2.45, 2.75) is 58.8 Å². The zero-order valence-corrected chi connectivity index (χ0v) is 20.2. The first-order valence-electron chi connectivity index (χ1n) is 11.4. The van der Waals surface area contributed by atoms with Gasteiger partial charge in [-0.05, 0) is 50.9 Å². The Bertz CT molecular complexity index is 814. The summed E-state index contributed by atoms with van der Waals surface area (Å²) >= 11 is 1.65. The van der Waals surface area contributed by atoms with Gasteiger partial charge in [-0.15, -0.1) is 11.3 Å². The number of thiazole rings is 1. The monoisotopic (exact) mass is 443 g/mol. The van der Waals surface area contributed by atoms with Crippen molar-refractivity contribution in [3.63, 3.8) is 0 Å². The van der Waals surface area contributed by atoms with Gasteiger partial charge >= 0.3 is 0 Å². The van der Waals surface area contributed by atoms with E-state index in [1.807, 2.05) is 6.92 Å². The summed E-state index contributed by atoms with van der Waals surface area (Å²) in [5.41, 5.74) is 3.67. The van der Waals surface area contributed by atoms with Crippen LogP contribution in [0.15, 0.2) is 34.6 Å². The van der Waals surface area contributed by atoms with Gasteiger partial charge in [0.15, 0.2) is 5.96 Å². The Hall–Kier alpha value is -1.96. The molecule has 1 aromatic heterocycles. The second-order valence-corrected chi connectivity index (χ2v) is 9.12. The van der Waals surface area contributed by atoms with Gasteiger partial charge in [-0.1, -0.05) is 30.7 Å². The minimum atomic E-state index is 0.0313. The van der Waals surface area contributed by atoms with Crippen molar-refractivity contribution in [2.75, 3.05) is 33.8 Å². The van der Waals surface area contributed by atoms with Crippen LogP contribution < -0.4 is 5.32 Å². The van der Waals surface area contributed by atoms with Crippen molar-refractivity contribution in [1.82, 2.24) is 20.1 Å². The Labute approximate surface area is 191 Å². The maximum absolute atomic E-state index is 5.37. The molecule has 1 aliphatic rings. The van der Waals surface area contributed by atoms with Crippen LogP contribution >= 0.6 is 11.3 Å². The number of hydrogen-bond acceptors (Lipinski definition) is 5. The molecule has 1 saturated heterocycles. The van der Waals surface area contributed by atoms with Crippen molar-refractivity contribution < 1.29 is 4.74 Å². The van der Waals surface area contributed by atoms with Crippen molar-refractivity contribution in [1.29, 1.82) is 0 Å². The van der Waals surface area contributed by atoms with E-state index in [0.29, 0.717) is 13.1 Å². The van der Waals surface area contributed by atoms with Crippen molar-refractivity contribution >= 4 is 17.3 Å². The number of aliphatic imine (C=N–C) groups is 1. The molecule has 1 atom stereocenters. The van der Waals surface area contributed by atoms with Crippen LogP contribution in [0, 0.1) is 0 Å². The second kappa shape index (κ2) is 12.2. The highest BCUT2D eigenvalue weighted by molar-refractivity contribution is 7.09. The van der Waals surface area contributed by atoms with Crippen LogP contribution in [0.3, 0.4) is 0 Å². The third-order valence-corrected chi connectivity index (χ3v) is 6.71. The molecule has 1 unspecified atom stereocenters. The largest absolute Gasteiger partial charge is 0.375 e. The lowest BCUT2D eigenvalue weighted by Crippen LogP contribution is -2.38. The number of nitrogens with zero attached hydrogens (tertiary/aromatic N) is 4. The van der Waals surface area contributed by atoms with E-state index in [1.54, 1.807) is 18.4 Å². The Morgan fingerprint density at radius 3 is 2.61 bits per heavy atom. The van der Waals surface area contributed by atoms with E-state index < -0.39 is 0 Å². The highest BCUT2D eigenvalue weighted by Crippen LogP contribution is 2.21. The Morgan fingerprint density at radius 2 is 1.94 bits per heavy atom. The molecule has 0 radical (unpaired) electrons. The van der Waals surface area contributed by atoms with E-state index in [4.69, 9.17) is 14.7 Å². The van der Waals surface area contributed by atoms with E-state index in [1.165, 1.54) is 43.5 Å². The molecule has 2 aromatic rings. The van der Waals surface area contributed by atoms with Crippen LogP contribution in [0.1, 0.15) is 61.0 Å². The number of rotatable bonds is 9. The molecule has 31 heavy (non-hydrogen) atoms. The van der Waals surface area contributed by atoms with E-state index in [-0.39, 0.29) is 6.10 Å². The van der Waals surface area contributed by atoms with Gasteiger partial charge in [-0.3, -0.25) is 4.90 Å². The van der Waals surface area contributed by atoms with E-state index in [0.717, 1.165) is 29.8 Å². The van der Waals surface area contributed by atoms with Crippen LogP contribution in [0.4, 0.5) is 0 Å². The number of guanidine groups is 1. The topological polar surface area (TPSA) is 53.0 Å². The standard InChI is InChI=1S/C24H37N5OS/c1-5-25-24(28(3)17-22-18-31-23(27-22)19(2)30-4)26-15-20-9-11-21(12-10-20)16-29-13-7-6-8-14-29/h9-12,18-19H,5-8,13-17H2,1-4H3,(H,25,26). The Kier molecular flexibility index (Phi) is 9.31. The van der Waals surface area contributed by atoms with Crippen LogP contribution in [-0.4, -0.2) is 54.5 Å². The normalized spacial score (nSPS) is 16.3. The Balaban J connectivity index is 1.57. The molecule has 1 fully saturated rings. The lowest BCUT2D eigenvalue weighted by molar-refractivity contribution is 0.119. The molecule has 2 heterocycles. The number of piperidine rings is 1. The average Bonchev–Trinajstić information content (AvgIpc) is 3.26. The van der Waals surface area contributed by atoms with Crippen LogP contribution in [0.2, 0.25) is 0 Å². The summed E-state index contributed by atoms with van der Waals surface area (Å²) in [6, 6.07) is 8.93. The summed E-state index contributed by atoms with van der Waals surface area (Å²) in [6.45, 7) is 9.86. The minimum absolute atomic E-state index is 0.0313. The molecule has 0 aliphatic carbocycles. The molecule has 0 amide bonds. The van der Waals surface area contributed by atoms with E-state index in [2.05, 4.69) is 58.7 Å². The van der Waals surface area contributed by atoms with Crippen molar-refractivity contribution in [3.05, 3.63) is 51.5 Å². The molecular formula is C24H37N5OS. The number of likely N-dealkylation sites (tertiary alicyclic amines) is 1. The lowest BCUT2D eigenvalue weighted by atomic mass is 10.1. The molecule has 170 valence electrons. The number of hydrogen-bond donors (Lipinski definition) is 1. The van der Waals surface area contributed by atoms with Gasteiger partial charge in [-0.25, -0.2) is 9.98 Å². The molecule has 0 spiro atoms. The molecule has 7 heteroatoms. The Morgan fingerprint density at radius 1 is 1.23 bits per heavy atom. The zero-order chi connectivity index (χ0) is 22.1. The zero-order valence-electron chi connectivity index (χ0n) is 19.4. The van der Waals surface area contributed by atoms with E-state index >= 15 is 0 Å². The molecule has 1 aliphatic heterocycles. The predicted octanol–water partition coefficient (Wildman–Crippen LogP) is 4.43. The van der Waals surface area contributed by atoms with E-state index in [9.17, 15) is 0 Å². The molecule has 0 bridgehead atoms. The average molecular weight is 444 g/mol. The summed E-state index contributed by atoms with van der Waals surface area (Å²) in [5.74, 6) is 0.897. The maximum atomic E-state index is 5.37. The number of nitrogens with one attached hydrogen (secondary N) is 1. The van der Waals surface area contributed by atoms with Crippen molar-refractivity contribution in [2.24, 2.45) is 4.99 Å². The fraction of sp³-hybridized carbons (Fsp3) is 0.583. The van der Waals surface area contributed by atoms with Crippen LogP contribution in [0.25, 0.3) is 0 Å². The molecule has 0 saturated carbocycles. The summed E-state index contributed by atoms with van der Waals surface area (Å²) in [5, 5.41) is 6.51. The van der Waals surface area contributed by atoms with Gasteiger partial charge in [0.1, 0.15) is 11.1 Å². The first-order valence-corrected chi connectivity index (χ1v) is 12.2. The van der Waals surface area contributed by atoms with Gasteiger partial charge in [0, 0.05) is 32.6 Å². The predicted molar refractivity (Wildman–Crippen MR) is 129 cm³/mol. The van der Waals surface area contributed by atoms with Crippen LogP contribution in [-0.2, 0) is 24.4 Å². The van der Waals surface area contributed by atoms with Crippen LogP contribution in [0.5, 0.6) is 0 Å². The summed E-state index contributed by atoms with van der Waals surface area (Å²) in [7, 11) is 3.77. The quantitative estimate of drug-likeness (QED) is 0.459. The highest BCUT2D eigenvalue weighted by atomic mass is 32.1. The molecule has 1 aromatic carbocycles. The smallest absolute Gasteiger partial charge is 0.194 e. The number of methoxy groups -OCH3 is 1. The minimum Gasteiger partial charge on any atom is -0.375 e. The van der Waals surface area contributed by atoms with Gasteiger partial charge < -0.3 is 15.0 Å². The third-order valence-electron chi connectivity index (χ3n) is 5.66. The summed E-state index contributed by atoms with van der Waals surface area (Å²) < 4.78 is 5.37. The fourth-order valence-electron chi connectivity index (χ4n) is 3.76. The maximum Gasteiger partial charge on any atom is 0.194 e. The fourth-order valence-corrected chi connectivity index (χ4v) is 4.60. The molecule has 3 rings (SSSR count). The first kappa shape index (κ1) is 23.7. The first-order chi connectivity index (χ1) is 15.1. The van der Waals surface area contributed by atoms with Gasteiger partial charge in [0.05, 0.1) is 18.8 Å². The third kappa shape index (κ3) is 7.30. The highest BCUT2D eigenvalue weighted by Gasteiger charge is 2.13. The number of benzene rings is 1. The molecular weight excluding hydrogens is 406 g/mol. The summed E-state index contributed by atoms with van der Waals surface area (Å²) in [4.78, 5) is 14.3. The number of aromatic nitrogens is 1. The second-order valence-electron chi connectivity index (χ2n) is 8.23. The lowest BCUT2D eigenvalue weighted by Gasteiger charge is -2.26.